The third-order valence-corrected chi connectivity index (χ3v) is 2.59. The molecule has 0 aromatic carbocycles. The van der Waals surface area contributed by atoms with Gasteiger partial charge in [-0.25, -0.2) is 0 Å². The standard InChI is InChI=1S/C11H16/c1-8-6-5-7-9(2)11(4)10(8)3/h6-7H,5H2,1-4H3. The Kier molecular flexibility index (Phi) is 2.33. The largest absolute Gasteiger partial charge is 0.0775 e. The summed E-state index contributed by atoms with van der Waals surface area (Å²) in [4.78, 5) is 0. The van der Waals surface area contributed by atoms with Gasteiger partial charge in [-0.1, -0.05) is 23.3 Å². The second-order valence-electron chi connectivity index (χ2n) is 3.26. The van der Waals surface area contributed by atoms with Crippen molar-refractivity contribution in [3.63, 3.8) is 0 Å². The van der Waals surface area contributed by atoms with Gasteiger partial charge < -0.3 is 0 Å². The predicted molar refractivity (Wildman–Crippen MR) is 50.5 cm³/mol. The van der Waals surface area contributed by atoms with Crippen molar-refractivity contribution in [2.24, 2.45) is 0 Å². The Morgan fingerprint density at radius 1 is 0.818 bits per heavy atom. The summed E-state index contributed by atoms with van der Waals surface area (Å²) in [6.45, 7) is 8.77. The monoisotopic (exact) mass is 148 g/mol. The molecule has 0 aromatic heterocycles. The Balaban J connectivity index is 3.12. The maximum absolute atomic E-state index is 2.29. The van der Waals surface area contributed by atoms with Gasteiger partial charge in [-0.3, -0.25) is 0 Å². The maximum atomic E-state index is 2.29. The number of hydrogen-bond acceptors (Lipinski definition) is 0. The molecule has 0 heteroatoms. The van der Waals surface area contributed by atoms with E-state index in [2.05, 4.69) is 39.8 Å². The fourth-order valence-electron chi connectivity index (χ4n) is 1.31. The van der Waals surface area contributed by atoms with Crippen molar-refractivity contribution in [1.29, 1.82) is 0 Å². The van der Waals surface area contributed by atoms with Crippen LogP contribution in [0.25, 0.3) is 0 Å². The molecule has 0 fully saturated rings. The van der Waals surface area contributed by atoms with E-state index in [4.69, 9.17) is 0 Å². The molecule has 0 heterocycles. The molecular weight excluding hydrogens is 132 g/mol. The first-order valence-corrected chi connectivity index (χ1v) is 4.14. The quantitative estimate of drug-likeness (QED) is 0.492. The first-order chi connectivity index (χ1) is 5.13. The zero-order valence-electron chi connectivity index (χ0n) is 7.86. The highest BCUT2D eigenvalue weighted by Crippen LogP contribution is 2.23. The first kappa shape index (κ1) is 8.32. The highest BCUT2D eigenvalue weighted by Gasteiger charge is 2.03. The highest BCUT2D eigenvalue weighted by atomic mass is 14.1. The molecule has 0 unspecified atom stereocenters. The molecule has 1 aliphatic carbocycles. The molecule has 0 aromatic rings. The lowest BCUT2D eigenvalue weighted by molar-refractivity contribution is 1.23. The fourth-order valence-corrected chi connectivity index (χ4v) is 1.31. The number of rotatable bonds is 0. The van der Waals surface area contributed by atoms with Crippen molar-refractivity contribution >= 4 is 0 Å². The van der Waals surface area contributed by atoms with Crippen LogP contribution in [0.15, 0.2) is 34.4 Å². The van der Waals surface area contributed by atoms with Crippen molar-refractivity contribution in [2.45, 2.75) is 34.1 Å². The lowest BCUT2D eigenvalue weighted by Crippen LogP contribution is -1.85. The van der Waals surface area contributed by atoms with Gasteiger partial charge in [-0.15, -0.1) is 0 Å². The minimum absolute atomic E-state index is 1.09. The average Bonchev–Trinajstić information content (AvgIpc) is 2.07. The average molecular weight is 148 g/mol. The van der Waals surface area contributed by atoms with Gasteiger partial charge in [-0.05, 0) is 45.3 Å². The van der Waals surface area contributed by atoms with Crippen LogP contribution < -0.4 is 0 Å². The Labute approximate surface area is 69.3 Å². The van der Waals surface area contributed by atoms with Crippen LogP contribution in [0.2, 0.25) is 0 Å². The van der Waals surface area contributed by atoms with Gasteiger partial charge in [0.1, 0.15) is 0 Å². The molecule has 1 rings (SSSR count). The second-order valence-corrected chi connectivity index (χ2v) is 3.26. The van der Waals surface area contributed by atoms with Crippen LogP contribution in [0, 0.1) is 0 Å². The van der Waals surface area contributed by atoms with Crippen LogP contribution in [0.4, 0.5) is 0 Å². The molecule has 0 N–H and O–H groups in total. The normalized spacial score (nSPS) is 19.3. The number of hydrogen-bond donors (Lipinski definition) is 0. The summed E-state index contributed by atoms with van der Waals surface area (Å²) in [5.41, 5.74) is 5.73. The van der Waals surface area contributed by atoms with E-state index in [0.29, 0.717) is 0 Å². The van der Waals surface area contributed by atoms with Crippen LogP contribution in [-0.2, 0) is 0 Å². The minimum atomic E-state index is 1.09. The van der Waals surface area contributed by atoms with Gasteiger partial charge >= 0.3 is 0 Å². The molecule has 0 amide bonds. The first-order valence-electron chi connectivity index (χ1n) is 4.14. The van der Waals surface area contributed by atoms with Gasteiger partial charge in [0.25, 0.3) is 0 Å². The molecule has 0 radical (unpaired) electrons. The number of allylic oxidation sites excluding steroid dienone is 6. The van der Waals surface area contributed by atoms with E-state index in [1.165, 1.54) is 22.3 Å². The minimum Gasteiger partial charge on any atom is -0.0775 e. The molecule has 0 atom stereocenters. The van der Waals surface area contributed by atoms with Crippen LogP contribution in [0.1, 0.15) is 34.1 Å². The molecule has 0 saturated heterocycles. The van der Waals surface area contributed by atoms with Crippen LogP contribution in [0.3, 0.4) is 0 Å². The van der Waals surface area contributed by atoms with E-state index in [1.807, 2.05) is 0 Å². The molecule has 0 bridgehead atoms. The summed E-state index contributed by atoms with van der Waals surface area (Å²) in [5.74, 6) is 0. The maximum Gasteiger partial charge on any atom is -0.0158 e. The van der Waals surface area contributed by atoms with E-state index < -0.39 is 0 Å². The van der Waals surface area contributed by atoms with Crippen LogP contribution >= 0.6 is 0 Å². The summed E-state index contributed by atoms with van der Waals surface area (Å²) in [6.07, 6.45) is 5.66. The zero-order valence-corrected chi connectivity index (χ0v) is 7.86. The lowest BCUT2D eigenvalue weighted by atomic mass is 10.0. The third kappa shape index (κ3) is 1.62. The van der Waals surface area contributed by atoms with Crippen molar-refractivity contribution < 1.29 is 0 Å². The molecular formula is C11H16. The van der Waals surface area contributed by atoms with Crippen LogP contribution in [0.5, 0.6) is 0 Å². The topological polar surface area (TPSA) is 0 Å². The molecule has 0 spiro atoms. The predicted octanol–water partition coefficient (Wildman–Crippen LogP) is 3.62. The Morgan fingerprint density at radius 3 is 1.55 bits per heavy atom. The molecule has 1 aliphatic rings. The van der Waals surface area contributed by atoms with E-state index in [-0.39, 0.29) is 0 Å². The molecule has 0 aliphatic heterocycles. The SMILES string of the molecule is CC1=CCC=C(C)C(C)=C1C. The Morgan fingerprint density at radius 2 is 1.18 bits per heavy atom. The van der Waals surface area contributed by atoms with Crippen molar-refractivity contribution in [3.8, 4) is 0 Å². The zero-order chi connectivity index (χ0) is 8.43. The van der Waals surface area contributed by atoms with Gasteiger partial charge in [0, 0.05) is 0 Å². The van der Waals surface area contributed by atoms with Crippen molar-refractivity contribution in [1.82, 2.24) is 0 Å². The Bertz CT molecular complexity index is 223. The molecule has 0 saturated carbocycles. The van der Waals surface area contributed by atoms with Gasteiger partial charge in [0.05, 0.1) is 0 Å². The molecule has 0 nitrogen and oxygen atoms in total. The summed E-state index contributed by atoms with van der Waals surface area (Å²) < 4.78 is 0. The summed E-state index contributed by atoms with van der Waals surface area (Å²) >= 11 is 0. The molecule has 11 heavy (non-hydrogen) atoms. The van der Waals surface area contributed by atoms with Crippen molar-refractivity contribution in [2.75, 3.05) is 0 Å². The van der Waals surface area contributed by atoms with E-state index >= 15 is 0 Å². The van der Waals surface area contributed by atoms with Crippen molar-refractivity contribution in [3.05, 3.63) is 34.4 Å². The van der Waals surface area contributed by atoms with Gasteiger partial charge in [-0.2, -0.15) is 0 Å². The summed E-state index contributed by atoms with van der Waals surface area (Å²) in [7, 11) is 0. The van der Waals surface area contributed by atoms with Gasteiger partial charge in [0.15, 0.2) is 0 Å². The van der Waals surface area contributed by atoms with E-state index in [0.717, 1.165) is 6.42 Å². The summed E-state index contributed by atoms with van der Waals surface area (Å²) in [5, 5.41) is 0. The van der Waals surface area contributed by atoms with E-state index in [9.17, 15) is 0 Å². The van der Waals surface area contributed by atoms with Crippen LogP contribution in [-0.4, -0.2) is 0 Å². The second kappa shape index (κ2) is 3.08. The lowest BCUT2D eigenvalue weighted by Gasteiger charge is -2.05. The molecule has 60 valence electrons. The Hall–Kier alpha value is -0.780. The third-order valence-electron chi connectivity index (χ3n) is 2.59. The van der Waals surface area contributed by atoms with E-state index in [1.54, 1.807) is 0 Å². The van der Waals surface area contributed by atoms with Gasteiger partial charge in [0.2, 0.25) is 0 Å². The smallest absolute Gasteiger partial charge is 0.0158 e. The summed E-state index contributed by atoms with van der Waals surface area (Å²) in [6, 6.07) is 0. The fraction of sp³-hybridized carbons (Fsp3) is 0.455. The highest BCUT2D eigenvalue weighted by molar-refractivity contribution is 5.43.